The smallest absolute Gasteiger partial charge is 0.147 e. The van der Waals surface area contributed by atoms with Crippen molar-refractivity contribution >= 4 is 9.84 Å². The van der Waals surface area contributed by atoms with Crippen molar-refractivity contribution in [2.24, 2.45) is 5.84 Å². The van der Waals surface area contributed by atoms with E-state index in [1.54, 1.807) is 0 Å². The number of para-hydroxylation sites is 1. The zero-order valence-corrected chi connectivity index (χ0v) is 11.8. The van der Waals surface area contributed by atoms with Gasteiger partial charge in [-0.3, -0.25) is 11.3 Å². The Morgan fingerprint density at radius 1 is 1.47 bits per heavy atom. The zero-order valence-electron chi connectivity index (χ0n) is 11.0. The minimum absolute atomic E-state index is 0.0558. The number of nitrogens with two attached hydrogens (primary N) is 1. The van der Waals surface area contributed by atoms with E-state index in [0.717, 1.165) is 17.7 Å². The third-order valence-corrected chi connectivity index (χ3v) is 4.48. The van der Waals surface area contributed by atoms with E-state index in [4.69, 9.17) is 10.6 Å². The fourth-order valence-corrected chi connectivity index (χ4v) is 3.21. The number of hydrogen-bond donors (Lipinski definition) is 2. The monoisotopic (exact) mass is 284 g/mol. The van der Waals surface area contributed by atoms with Gasteiger partial charge in [0.25, 0.3) is 0 Å². The SMILES string of the molecule is CS(=O)(=O)CCC(NN)C1CCOc2ccccc21. The predicted octanol–water partition coefficient (Wildman–Crippen LogP) is 0.819. The van der Waals surface area contributed by atoms with Gasteiger partial charge in [-0.1, -0.05) is 18.2 Å². The number of hydrazine groups is 1. The Morgan fingerprint density at radius 2 is 2.21 bits per heavy atom. The summed E-state index contributed by atoms with van der Waals surface area (Å²) in [7, 11) is -2.97. The minimum Gasteiger partial charge on any atom is -0.493 e. The van der Waals surface area contributed by atoms with Crippen molar-refractivity contribution in [3.8, 4) is 5.75 Å². The van der Waals surface area contributed by atoms with Crippen LogP contribution in [0.25, 0.3) is 0 Å². The van der Waals surface area contributed by atoms with E-state index in [1.807, 2.05) is 24.3 Å². The summed E-state index contributed by atoms with van der Waals surface area (Å²) in [6.45, 7) is 0.638. The number of sulfone groups is 1. The molecule has 0 saturated carbocycles. The van der Waals surface area contributed by atoms with Gasteiger partial charge in [0.1, 0.15) is 15.6 Å². The zero-order chi connectivity index (χ0) is 13.9. The van der Waals surface area contributed by atoms with E-state index in [-0.39, 0.29) is 17.7 Å². The first kappa shape index (κ1) is 14.3. The van der Waals surface area contributed by atoms with Gasteiger partial charge in [0, 0.05) is 18.2 Å². The van der Waals surface area contributed by atoms with Crippen LogP contribution >= 0.6 is 0 Å². The average Bonchev–Trinajstić information content (AvgIpc) is 2.38. The first-order chi connectivity index (χ1) is 9.01. The highest BCUT2D eigenvalue weighted by molar-refractivity contribution is 7.90. The molecule has 106 valence electrons. The van der Waals surface area contributed by atoms with Crippen LogP contribution < -0.4 is 16.0 Å². The van der Waals surface area contributed by atoms with Crippen LogP contribution in [0.1, 0.15) is 24.3 Å². The molecule has 0 fully saturated rings. The van der Waals surface area contributed by atoms with Crippen LogP contribution in [0.4, 0.5) is 0 Å². The lowest BCUT2D eigenvalue weighted by atomic mass is 9.86. The Kier molecular flexibility index (Phi) is 4.44. The Hall–Kier alpha value is -1.11. The molecule has 5 nitrogen and oxygen atoms in total. The summed E-state index contributed by atoms with van der Waals surface area (Å²) >= 11 is 0. The van der Waals surface area contributed by atoms with Crippen molar-refractivity contribution in [2.45, 2.75) is 24.8 Å². The van der Waals surface area contributed by atoms with E-state index in [2.05, 4.69) is 5.43 Å². The van der Waals surface area contributed by atoms with Crippen LogP contribution in [0.5, 0.6) is 5.75 Å². The summed E-state index contributed by atoms with van der Waals surface area (Å²) in [4.78, 5) is 0. The summed E-state index contributed by atoms with van der Waals surface area (Å²) in [5.74, 6) is 6.81. The van der Waals surface area contributed by atoms with Crippen LogP contribution in [0, 0.1) is 0 Å². The lowest BCUT2D eigenvalue weighted by molar-refractivity contribution is 0.244. The lowest BCUT2D eigenvalue weighted by Crippen LogP contribution is -2.42. The first-order valence-corrected chi connectivity index (χ1v) is 8.43. The van der Waals surface area contributed by atoms with Gasteiger partial charge in [-0.2, -0.15) is 0 Å². The van der Waals surface area contributed by atoms with Gasteiger partial charge in [0.15, 0.2) is 0 Å². The number of fused-ring (bicyclic) bond motifs is 1. The van der Waals surface area contributed by atoms with Gasteiger partial charge in [-0.05, 0) is 24.5 Å². The number of ether oxygens (including phenoxy) is 1. The molecule has 0 amide bonds. The van der Waals surface area contributed by atoms with E-state index < -0.39 is 9.84 Å². The molecule has 2 rings (SSSR count). The minimum atomic E-state index is -2.97. The Balaban J connectivity index is 2.16. The van der Waals surface area contributed by atoms with Gasteiger partial charge >= 0.3 is 0 Å². The molecular weight excluding hydrogens is 264 g/mol. The summed E-state index contributed by atoms with van der Waals surface area (Å²) < 4.78 is 28.2. The molecular formula is C13H20N2O3S. The van der Waals surface area contributed by atoms with E-state index in [0.29, 0.717) is 13.0 Å². The van der Waals surface area contributed by atoms with Crippen LogP contribution in [-0.2, 0) is 9.84 Å². The second kappa shape index (κ2) is 5.90. The molecule has 0 saturated heterocycles. The quantitative estimate of drug-likeness (QED) is 0.618. The van der Waals surface area contributed by atoms with Crippen LogP contribution in [-0.4, -0.2) is 33.1 Å². The van der Waals surface area contributed by atoms with Crippen molar-refractivity contribution < 1.29 is 13.2 Å². The second-order valence-corrected chi connectivity index (χ2v) is 7.23. The first-order valence-electron chi connectivity index (χ1n) is 6.37. The van der Waals surface area contributed by atoms with E-state index in [1.165, 1.54) is 6.26 Å². The number of benzene rings is 1. The van der Waals surface area contributed by atoms with Crippen LogP contribution in [0.2, 0.25) is 0 Å². The molecule has 19 heavy (non-hydrogen) atoms. The maximum atomic E-state index is 11.3. The predicted molar refractivity (Wildman–Crippen MR) is 74.7 cm³/mol. The van der Waals surface area contributed by atoms with Crippen molar-refractivity contribution in [1.82, 2.24) is 5.43 Å². The molecule has 0 aromatic heterocycles. The summed E-state index contributed by atoms with van der Waals surface area (Å²) in [6.07, 6.45) is 2.60. The third-order valence-electron chi connectivity index (χ3n) is 3.50. The Labute approximate surface area is 114 Å². The standard InChI is InChI=1S/C13H20N2O3S/c1-19(16,17)9-7-12(15-14)10-6-8-18-13-5-3-2-4-11(10)13/h2-5,10,12,15H,6-9,14H2,1H3. The fraction of sp³-hybridized carbons (Fsp3) is 0.538. The number of hydrogen-bond acceptors (Lipinski definition) is 5. The van der Waals surface area contributed by atoms with Crippen molar-refractivity contribution in [1.29, 1.82) is 0 Å². The van der Waals surface area contributed by atoms with Gasteiger partial charge in [-0.25, -0.2) is 8.42 Å². The molecule has 1 aromatic rings. The van der Waals surface area contributed by atoms with E-state index >= 15 is 0 Å². The van der Waals surface area contributed by atoms with Gasteiger partial charge in [-0.15, -0.1) is 0 Å². The number of rotatable bonds is 5. The highest BCUT2D eigenvalue weighted by atomic mass is 32.2. The largest absolute Gasteiger partial charge is 0.493 e. The molecule has 3 N–H and O–H groups in total. The molecule has 6 heteroatoms. The maximum Gasteiger partial charge on any atom is 0.147 e. The van der Waals surface area contributed by atoms with Crippen molar-refractivity contribution in [3.63, 3.8) is 0 Å². The molecule has 2 atom stereocenters. The summed E-state index contributed by atoms with van der Waals surface area (Å²) in [5, 5.41) is 0. The molecule has 0 spiro atoms. The summed E-state index contributed by atoms with van der Waals surface area (Å²) in [5.41, 5.74) is 3.87. The Bertz CT molecular complexity index is 530. The molecule has 2 unspecified atom stereocenters. The molecule has 1 aliphatic rings. The molecule has 0 aliphatic carbocycles. The normalized spacial score (nSPS) is 20.4. The van der Waals surface area contributed by atoms with E-state index in [9.17, 15) is 8.42 Å². The van der Waals surface area contributed by atoms with Crippen molar-refractivity contribution in [3.05, 3.63) is 29.8 Å². The third kappa shape index (κ3) is 3.68. The number of nitrogens with one attached hydrogen (secondary N) is 1. The fourth-order valence-electron chi connectivity index (χ4n) is 2.53. The molecule has 1 aliphatic heterocycles. The van der Waals surface area contributed by atoms with Gasteiger partial charge in [0.2, 0.25) is 0 Å². The Morgan fingerprint density at radius 3 is 2.89 bits per heavy atom. The van der Waals surface area contributed by atoms with Crippen LogP contribution in [0.15, 0.2) is 24.3 Å². The average molecular weight is 284 g/mol. The lowest BCUT2D eigenvalue weighted by Gasteiger charge is -2.31. The molecule has 1 aromatic carbocycles. The van der Waals surface area contributed by atoms with Gasteiger partial charge in [0.05, 0.1) is 12.4 Å². The molecule has 0 bridgehead atoms. The maximum absolute atomic E-state index is 11.3. The summed E-state index contributed by atoms with van der Waals surface area (Å²) in [6, 6.07) is 7.79. The van der Waals surface area contributed by atoms with Gasteiger partial charge < -0.3 is 4.74 Å². The second-order valence-electron chi connectivity index (χ2n) is 4.97. The van der Waals surface area contributed by atoms with Crippen LogP contribution in [0.3, 0.4) is 0 Å². The highest BCUT2D eigenvalue weighted by Crippen LogP contribution is 2.36. The molecule has 0 radical (unpaired) electrons. The highest BCUT2D eigenvalue weighted by Gasteiger charge is 2.28. The van der Waals surface area contributed by atoms with Crippen molar-refractivity contribution in [2.75, 3.05) is 18.6 Å². The molecule has 1 heterocycles. The topological polar surface area (TPSA) is 81.4 Å².